The van der Waals surface area contributed by atoms with Crippen LogP contribution in [-0.2, 0) is 11.3 Å². The molecule has 0 saturated carbocycles. The molecule has 4 heteroatoms. The first-order chi connectivity index (χ1) is 10.1. The Morgan fingerprint density at radius 1 is 1.43 bits per heavy atom. The second kappa shape index (κ2) is 7.76. The molecule has 0 aromatic heterocycles. The van der Waals surface area contributed by atoms with Crippen molar-refractivity contribution in [3.05, 3.63) is 29.6 Å². The molecule has 118 valence electrons. The highest BCUT2D eigenvalue weighted by atomic mass is 19.1. The SMILES string of the molecule is CC(C)CNCc1c(F)cccc1N(C)CC1CCCO1. The molecule has 0 bridgehead atoms. The lowest BCUT2D eigenvalue weighted by molar-refractivity contribution is 0.116. The van der Waals surface area contributed by atoms with Gasteiger partial charge in [-0.25, -0.2) is 4.39 Å². The van der Waals surface area contributed by atoms with Gasteiger partial charge in [0.1, 0.15) is 5.82 Å². The Labute approximate surface area is 127 Å². The third-order valence-corrected chi connectivity index (χ3v) is 3.86. The van der Waals surface area contributed by atoms with Gasteiger partial charge in [0, 0.05) is 38.0 Å². The molecule has 1 aromatic rings. The Kier molecular flexibility index (Phi) is 6.00. The van der Waals surface area contributed by atoms with Gasteiger partial charge in [0.25, 0.3) is 0 Å². The summed E-state index contributed by atoms with van der Waals surface area (Å²) in [4.78, 5) is 2.12. The van der Waals surface area contributed by atoms with Crippen LogP contribution < -0.4 is 10.2 Å². The van der Waals surface area contributed by atoms with Crippen LogP contribution in [0.2, 0.25) is 0 Å². The molecule has 1 heterocycles. The number of hydrogen-bond donors (Lipinski definition) is 1. The Bertz CT molecular complexity index is 444. The van der Waals surface area contributed by atoms with Crippen LogP contribution in [-0.4, -0.2) is 32.8 Å². The maximum atomic E-state index is 14.2. The summed E-state index contributed by atoms with van der Waals surface area (Å²) in [6.07, 6.45) is 2.50. The van der Waals surface area contributed by atoms with Gasteiger partial charge in [-0.15, -0.1) is 0 Å². The lowest BCUT2D eigenvalue weighted by Gasteiger charge is -2.25. The molecular weight excluding hydrogens is 267 g/mol. The molecule has 1 atom stereocenters. The van der Waals surface area contributed by atoms with Gasteiger partial charge in [-0.3, -0.25) is 0 Å². The first-order valence-corrected chi connectivity index (χ1v) is 7.88. The molecule has 2 rings (SSSR count). The third kappa shape index (κ3) is 4.68. The maximum Gasteiger partial charge on any atom is 0.129 e. The second-order valence-corrected chi connectivity index (χ2v) is 6.28. The van der Waals surface area contributed by atoms with Crippen molar-refractivity contribution in [2.24, 2.45) is 5.92 Å². The fourth-order valence-corrected chi connectivity index (χ4v) is 2.76. The summed E-state index contributed by atoms with van der Waals surface area (Å²) in [5.41, 5.74) is 1.71. The van der Waals surface area contributed by atoms with Gasteiger partial charge in [-0.2, -0.15) is 0 Å². The molecule has 0 radical (unpaired) electrons. The zero-order valence-electron chi connectivity index (χ0n) is 13.4. The van der Waals surface area contributed by atoms with Crippen LogP contribution in [0.25, 0.3) is 0 Å². The van der Waals surface area contributed by atoms with Crippen molar-refractivity contribution in [2.45, 2.75) is 39.3 Å². The normalized spacial score (nSPS) is 18.4. The number of likely N-dealkylation sites (N-methyl/N-ethyl adjacent to an activating group) is 1. The Balaban J connectivity index is 2.04. The largest absolute Gasteiger partial charge is 0.376 e. The topological polar surface area (TPSA) is 24.5 Å². The van der Waals surface area contributed by atoms with Crippen molar-refractivity contribution in [2.75, 3.05) is 31.6 Å². The van der Waals surface area contributed by atoms with E-state index in [9.17, 15) is 4.39 Å². The predicted molar refractivity (Wildman–Crippen MR) is 85.2 cm³/mol. The fourth-order valence-electron chi connectivity index (χ4n) is 2.76. The van der Waals surface area contributed by atoms with Crippen LogP contribution >= 0.6 is 0 Å². The van der Waals surface area contributed by atoms with Crippen LogP contribution in [0.3, 0.4) is 0 Å². The van der Waals surface area contributed by atoms with E-state index in [2.05, 4.69) is 24.1 Å². The summed E-state index contributed by atoms with van der Waals surface area (Å²) in [5.74, 6) is 0.424. The molecule has 1 aliphatic heterocycles. The summed E-state index contributed by atoms with van der Waals surface area (Å²) < 4.78 is 19.8. The number of ether oxygens (including phenoxy) is 1. The number of rotatable bonds is 7. The summed E-state index contributed by atoms with van der Waals surface area (Å²) in [6, 6.07) is 5.31. The van der Waals surface area contributed by atoms with Gasteiger partial charge in [-0.1, -0.05) is 19.9 Å². The molecule has 21 heavy (non-hydrogen) atoms. The van der Waals surface area contributed by atoms with Crippen molar-refractivity contribution in [3.8, 4) is 0 Å². The van der Waals surface area contributed by atoms with E-state index in [-0.39, 0.29) is 11.9 Å². The van der Waals surface area contributed by atoms with Crippen molar-refractivity contribution in [1.82, 2.24) is 5.32 Å². The molecule has 0 amide bonds. The van der Waals surface area contributed by atoms with Crippen LogP contribution in [0.4, 0.5) is 10.1 Å². The van der Waals surface area contributed by atoms with Gasteiger partial charge in [0.2, 0.25) is 0 Å². The van der Waals surface area contributed by atoms with Gasteiger partial charge in [0.15, 0.2) is 0 Å². The molecule has 1 N–H and O–H groups in total. The highest BCUT2D eigenvalue weighted by Gasteiger charge is 2.19. The number of benzene rings is 1. The highest BCUT2D eigenvalue weighted by molar-refractivity contribution is 5.53. The molecule has 3 nitrogen and oxygen atoms in total. The Morgan fingerprint density at radius 3 is 2.90 bits per heavy atom. The molecule has 0 aliphatic carbocycles. The number of anilines is 1. The van der Waals surface area contributed by atoms with Crippen molar-refractivity contribution in [1.29, 1.82) is 0 Å². The minimum atomic E-state index is -0.136. The lowest BCUT2D eigenvalue weighted by Crippen LogP contribution is -2.30. The quantitative estimate of drug-likeness (QED) is 0.836. The van der Waals surface area contributed by atoms with Crippen molar-refractivity contribution in [3.63, 3.8) is 0 Å². The lowest BCUT2D eigenvalue weighted by atomic mass is 10.1. The summed E-state index contributed by atoms with van der Waals surface area (Å²) in [7, 11) is 2.02. The first-order valence-electron chi connectivity index (χ1n) is 7.88. The number of halogens is 1. The van der Waals surface area contributed by atoms with Gasteiger partial charge < -0.3 is 15.0 Å². The average Bonchev–Trinajstić information content (AvgIpc) is 2.93. The molecule has 0 spiro atoms. The van der Waals surface area contributed by atoms with Crippen LogP contribution in [0, 0.1) is 11.7 Å². The van der Waals surface area contributed by atoms with Crippen molar-refractivity contribution >= 4 is 5.69 Å². The third-order valence-electron chi connectivity index (χ3n) is 3.86. The van der Waals surface area contributed by atoms with E-state index in [1.807, 2.05) is 13.1 Å². The van der Waals surface area contributed by atoms with Crippen LogP contribution in [0.1, 0.15) is 32.3 Å². The summed E-state index contributed by atoms with van der Waals surface area (Å²) in [5, 5.41) is 3.33. The summed E-state index contributed by atoms with van der Waals surface area (Å²) >= 11 is 0. The standard InChI is InChI=1S/C17H27FN2O/c1-13(2)10-19-11-15-16(18)7-4-8-17(15)20(3)12-14-6-5-9-21-14/h4,7-8,13-14,19H,5-6,9-12H2,1-3H3. The monoisotopic (exact) mass is 294 g/mol. The summed E-state index contributed by atoms with van der Waals surface area (Å²) in [6.45, 7) is 7.43. The minimum absolute atomic E-state index is 0.136. The Morgan fingerprint density at radius 2 is 2.24 bits per heavy atom. The first kappa shape index (κ1) is 16.2. The number of nitrogens with zero attached hydrogens (tertiary/aromatic N) is 1. The van der Waals surface area contributed by atoms with E-state index >= 15 is 0 Å². The fraction of sp³-hybridized carbons (Fsp3) is 0.647. The van der Waals surface area contributed by atoms with E-state index in [0.29, 0.717) is 12.5 Å². The maximum absolute atomic E-state index is 14.2. The van der Waals surface area contributed by atoms with E-state index in [1.165, 1.54) is 6.07 Å². The second-order valence-electron chi connectivity index (χ2n) is 6.28. The Hall–Kier alpha value is -1.13. The average molecular weight is 294 g/mol. The van der Waals surface area contributed by atoms with Crippen molar-refractivity contribution < 1.29 is 9.13 Å². The van der Waals surface area contributed by atoms with E-state index < -0.39 is 0 Å². The number of hydrogen-bond acceptors (Lipinski definition) is 3. The van der Waals surface area contributed by atoms with Crippen LogP contribution in [0.15, 0.2) is 18.2 Å². The smallest absolute Gasteiger partial charge is 0.129 e. The van der Waals surface area contributed by atoms with Gasteiger partial charge in [-0.05, 0) is 37.4 Å². The zero-order chi connectivity index (χ0) is 15.2. The molecular formula is C17H27FN2O. The molecule has 1 aliphatic rings. The highest BCUT2D eigenvalue weighted by Crippen LogP contribution is 2.24. The number of nitrogens with one attached hydrogen (secondary N) is 1. The molecule has 1 aromatic carbocycles. The zero-order valence-corrected chi connectivity index (χ0v) is 13.4. The van der Waals surface area contributed by atoms with Gasteiger partial charge in [0.05, 0.1) is 6.10 Å². The van der Waals surface area contributed by atoms with E-state index in [1.54, 1.807) is 6.07 Å². The molecule has 1 unspecified atom stereocenters. The van der Waals surface area contributed by atoms with E-state index in [0.717, 1.165) is 43.8 Å². The van der Waals surface area contributed by atoms with Crippen LogP contribution in [0.5, 0.6) is 0 Å². The van der Waals surface area contributed by atoms with E-state index in [4.69, 9.17) is 4.74 Å². The minimum Gasteiger partial charge on any atom is -0.376 e. The molecule has 1 fully saturated rings. The predicted octanol–water partition coefficient (Wildman–Crippen LogP) is 3.19. The van der Waals surface area contributed by atoms with Gasteiger partial charge >= 0.3 is 0 Å². The molecule has 1 saturated heterocycles.